The Balaban J connectivity index is 1.96. The first kappa shape index (κ1) is 19.1. The predicted molar refractivity (Wildman–Crippen MR) is 104 cm³/mol. The van der Waals surface area contributed by atoms with Crippen molar-refractivity contribution in [2.24, 2.45) is 0 Å². The average Bonchev–Trinajstić information content (AvgIpc) is 3.01. The third-order valence-corrected chi connectivity index (χ3v) is 4.14. The van der Waals surface area contributed by atoms with E-state index in [0.717, 1.165) is 40.7 Å². The van der Waals surface area contributed by atoms with Crippen molar-refractivity contribution in [1.29, 1.82) is 0 Å². The number of nitrogens with one attached hydrogen (secondary N) is 1. The van der Waals surface area contributed by atoms with Crippen LogP contribution in [0.5, 0.6) is 0 Å². The molecule has 2 aromatic rings. The Labute approximate surface area is 153 Å². The van der Waals surface area contributed by atoms with Crippen LogP contribution in [0.15, 0.2) is 30.3 Å². The third kappa shape index (κ3) is 6.66. The van der Waals surface area contributed by atoms with E-state index in [9.17, 15) is 4.79 Å². The van der Waals surface area contributed by atoms with Crippen molar-refractivity contribution in [1.82, 2.24) is 10.2 Å². The van der Waals surface area contributed by atoms with Gasteiger partial charge in [0, 0.05) is 18.2 Å². The monoisotopic (exact) mass is 359 g/mol. The smallest absolute Gasteiger partial charge is 0.331 e. The Hall–Kier alpha value is -2.21. The molecule has 134 valence electrons. The molecule has 0 radical (unpaired) electrons. The van der Waals surface area contributed by atoms with Crippen LogP contribution in [-0.2, 0) is 9.53 Å². The number of nitrogens with zero attached hydrogens (tertiary/aromatic N) is 2. The van der Waals surface area contributed by atoms with Crippen molar-refractivity contribution < 1.29 is 9.53 Å². The topological polar surface area (TPSA) is 64.1 Å². The van der Waals surface area contributed by atoms with Gasteiger partial charge in [-0.25, -0.2) is 4.79 Å². The summed E-state index contributed by atoms with van der Waals surface area (Å²) in [5.41, 5.74) is 1.46. The molecule has 0 atom stereocenters. The van der Waals surface area contributed by atoms with Crippen LogP contribution in [0.1, 0.15) is 46.1 Å². The highest BCUT2D eigenvalue weighted by molar-refractivity contribution is 7.18. The average molecular weight is 359 g/mol. The number of hydrogen-bond donors (Lipinski definition) is 1. The minimum atomic E-state index is -0.480. The molecule has 0 amide bonds. The molecule has 6 heteroatoms. The van der Waals surface area contributed by atoms with E-state index in [2.05, 4.69) is 22.4 Å². The number of carbonyl (C=O) groups excluding carboxylic acids is 1. The molecule has 1 N–H and O–H groups in total. The third-order valence-electron chi connectivity index (χ3n) is 3.21. The van der Waals surface area contributed by atoms with Gasteiger partial charge >= 0.3 is 5.97 Å². The molecular formula is C19H25N3O2S. The maximum Gasteiger partial charge on any atom is 0.331 e. The highest BCUT2D eigenvalue weighted by atomic mass is 32.1. The Morgan fingerprint density at radius 3 is 2.60 bits per heavy atom. The first-order chi connectivity index (χ1) is 11.9. The van der Waals surface area contributed by atoms with E-state index in [4.69, 9.17) is 4.74 Å². The lowest BCUT2D eigenvalue weighted by Gasteiger charge is -2.17. The van der Waals surface area contributed by atoms with E-state index in [1.807, 2.05) is 45.0 Å². The SMILES string of the molecule is CCCCNc1nnc(-c2ccc(/C=C/C(=O)OC(C)(C)C)cc2)s1. The first-order valence-corrected chi connectivity index (χ1v) is 9.28. The van der Waals surface area contributed by atoms with Crippen LogP contribution in [-0.4, -0.2) is 28.3 Å². The van der Waals surface area contributed by atoms with Gasteiger partial charge in [0.2, 0.25) is 5.13 Å². The van der Waals surface area contributed by atoms with Crippen LogP contribution >= 0.6 is 11.3 Å². The number of aromatic nitrogens is 2. The second kappa shape index (κ2) is 8.76. The fourth-order valence-corrected chi connectivity index (χ4v) is 2.79. The molecule has 0 unspecified atom stereocenters. The molecule has 1 aromatic heterocycles. The Morgan fingerprint density at radius 1 is 1.24 bits per heavy atom. The summed E-state index contributed by atoms with van der Waals surface area (Å²) < 4.78 is 5.25. The summed E-state index contributed by atoms with van der Waals surface area (Å²) in [5, 5.41) is 13.4. The summed E-state index contributed by atoms with van der Waals surface area (Å²) >= 11 is 1.54. The highest BCUT2D eigenvalue weighted by Gasteiger charge is 2.13. The summed E-state index contributed by atoms with van der Waals surface area (Å²) in [5.74, 6) is -0.344. The van der Waals surface area contributed by atoms with E-state index in [1.54, 1.807) is 17.4 Å². The normalized spacial score (nSPS) is 11.7. The van der Waals surface area contributed by atoms with Crippen LogP contribution in [0.25, 0.3) is 16.6 Å². The van der Waals surface area contributed by atoms with Gasteiger partial charge in [0.05, 0.1) is 0 Å². The number of benzene rings is 1. The van der Waals surface area contributed by atoms with E-state index in [-0.39, 0.29) is 5.97 Å². The maximum atomic E-state index is 11.7. The van der Waals surface area contributed by atoms with Crippen molar-refractivity contribution in [2.45, 2.75) is 46.1 Å². The molecule has 0 aliphatic heterocycles. The second-order valence-electron chi connectivity index (χ2n) is 6.68. The van der Waals surface area contributed by atoms with Crippen LogP contribution in [0, 0.1) is 0 Å². The molecule has 0 fully saturated rings. The number of anilines is 1. The van der Waals surface area contributed by atoms with Crippen LogP contribution in [0.4, 0.5) is 5.13 Å². The number of unbranched alkanes of at least 4 members (excludes halogenated alkanes) is 1. The number of rotatable bonds is 7. The van der Waals surface area contributed by atoms with Crippen LogP contribution in [0.2, 0.25) is 0 Å². The molecule has 1 heterocycles. The van der Waals surface area contributed by atoms with Gasteiger partial charge in [-0.05, 0) is 38.8 Å². The molecular weight excluding hydrogens is 334 g/mol. The minimum absolute atomic E-state index is 0.344. The highest BCUT2D eigenvalue weighted by Crippen LogP contribution is 2.26. The molecule has 0 spiro atoms. The summed E-state index contributed by atoms with van der Waals surface area (Å²) in [6, 6.07) is 7.85. The van der Waals surface area contributed by atoms with Crippen molar-refractivity contribution >= 4 is 28.5 Å². The van der Waals surface area contributed by atoms with E-state index < -0.39 is 5.60 Å². The van der Waals surface area contributed by atoms with E-state index in [1.165, 1.54) is 6.08 Å². The first-order valence-electron chi connectivity index (χ1n) is 8.46. The van der Waals surface area contributed by atoms with E-state index in [0.29, 0.717) is 0 Å². The molecule has 25 heavy (non-hydrogen) atoms. The zero-order valence-corrected chi connectivity index (χ0v) is 16.0. The Morgan fingerprint density at radius 2 is 1.96 bits per heavy atom. The molecule has 0 aliphatic carbocycles. The fraction of sp³-hybridized carbons (Fsp3) is 0.421. The maximum absolute atomic E-state index is 11.7. The fourth-order valence-electron chi connectivity index (χ4n) is 2.02. The van der Waals surface area contributed by atoms with Gasteiger partial charge in [-0.15, -0.1) is 10.2 Å². The van der Waals surface area contributed by atoms with Crippen molar-refractivity contribution in [3.63, 3.8) is 0 Å². The van der Waals surface area contributed by atoms with Crippen molar-refractivity contribution in [3.8, 4) is 10.6 Å². The van der Waals surface area contributed by atoms with Gasteiger partial charge in [0.25, 0.3) is 0 Å². The van der Waals surface area contributed by atoms with Crippen molar-refractivity contribution in [2.75, 3.05) is 11.9 Å². The summed E-state index contributed by atoms with van der Waals surface area (Å²) in [6.45, 7) is 8.62. The predicted octanol–water partition coefficient (Wildman–Crippen LogP) is 4.77. The summed E-state index contributed by atoms with van der Waals surface area (Å²) in [4.78, 5) is 11.7. The number of ether oxygens (including phenoxy) is 1. The standard InChI is InChI=1S/C19H25N3O2S/c1-5-6-13-20-18-22-21-17(25-18)15-10-7-14(8-11-15)9-12-16(23)24-19(2,3)4/h7-12H,5-6,13H2,1-4H3,(H,20,22)/b12-9+. The second-order valence-corrected chi connectivity index (χ2v) is 7.66. The van der Waals surface area contributed by atoms with Gasteiger partial charge in [0.15, 0.2) is 0 Å². The molecule has 0 bridgehead atoms. The minimum Gasteiger partial charge on any atom is -0.457 e. The van der Waals surface area contributed by atoms with Gasteiger partial charge in [-0.3, -0.25) is 0 Å². The van der Waals surface area contributed by atoms with Crippen molar-refractivity contribution in [3.05, 3.63) is 35.9 Å². The molecule has 0 saturated heterocycles. The number of hydrogen-bond acceptors (Lipinski definition) is 6. The summed E-state index contributed by atoms with van der Waals surface area (Å²) in [7, 11) is 0. The zero-order valence-electron chi connectivity index (χ0n) is 15.2. The van der Waals surface area contributed by atoms with Gasteiger partial charge in [0.1, 0.15) is 10.6 Å². The van der Waals surface area contributed by atoms with Crippen LogP contribution < -0.4 is 5.32 Å². The Bertz CT molecular complexity index is 715. The lowest BCUT2D eigenvalue weighted by atomic mass is 10.1. The largest absolute Gasteiger partial charge is 0.457 e. The van der Waals surface area contributed by atoms with Gasteiger partial charge in [-0.2, -0.15) is 0 Å². The number of carbonyl (C=O) groups is 1. The van der Waals surface area contributed by atoms with Gasteiger partial charge in [-0.1, -0.05) is 48.9 Å². The number of esters is 1. The van der Waals surface area contributed by atoms with Gasteiger partial charge < -0.3 is 10.1 Å². The zero-order chi connectivity index (χ0) is 18.3. The van der Waals surface area contributed by atoms with E-state index >= 15 is 0 Å². The Kier molecular flexibility index (Phi) is 6.70. The quantitative estimate of drug-likeness (QED) is 0.438. The lowest BCUT2D eigenvalue weighted by molar-refractivity contribution is -0.148. The van der Waals surface area contributed by atoms with Crippen LogP contribution in [0.3, 0.4) is 0 Å². The molecule has 5 nitrogen and oxygen atoms in total. The molecule has 0 saturated carbocycles. The molecule has 1 aromatic carbocycles. The molecule has 0 aliphatic rings. The summed E-state index contributed by atoms with van der Waals surface area (Å²) in [6.07, 6.45) is 5.46. The lowest BCUT2D eigenvalue weighted by Crippen LogP contribution is -2.22. The molecule has 2 rings (SSSR count).